The number of nitrogens with one attached hydrogen (secondary N) is 3. The molecule has 3 rings (SSSR count). The number of amides is 3. The van der Waals surface area contributed by atoms with Gasteiger partial charge in [0.15, 0.2) is 0 Å². The molecule has 0 saturated carbocycles. The van der Waals surface area contributed by atoms with E-state index >= 15 is 0 Å². The number of H-pyrrole nitrogens is 1. The molecule has 132 valence electrons. The van der Waals surface area contributed by atoms with E-state index in [4.69, 9.17) is 5.73 Å². The molecule has 0 saturated heterocycles. The summed E-state index contributed by atoms with van der Waals surface area (Å²) < 4.78 is 0. The molecular formula is C18H17N5O3. The SMILES string of the molecule is NC(=O)Nc1cccc(NC(=O)CCc2nc3ccccc3c(=O)[nH]2)c1. The van der Waals surface area contributed by atoms with E-state index in [-0.39, 0.29) is 17.9 Å². The van der Waals surface area contributed by atoms with Crippen LogP contribution < -0.4 is 21.9 Å². The average Bonchev–Trinajstić information content (AvgIpc) is 2.60. The number of aromatic amines is 1. The highest BCUT2D eigenvalue weighted by molar-refractivity contribution is 5.93. The van der Waals surface area contributed by atoms with Crippen LogP contribution >= 0.6 is 0 Å². The third-order valence-electron chi connectivity index (χ3n) is 3.66. The highest BCUT2D eigenvalue weighted by atomic mass is 16.2. The number of primary amides is 1. The molecule has 0 spiro atoms. The molecule has 0 radical (unpaired) electrons. The highest BCUT2D eigenvalue weighted by Gasteiger charge is 2.08. The Bertz CT molecular complexity index is 1030. The number of para-hydroxylation sites is 1. The number of carbonyl (C=O) groups is 2. The smallest absolute Gasteiger partial charge is 0.316 e. The number of fused-ring (bicyclic) bond motifs is 1. The first-order chi connectivity index (χ1) is 12.5. The van der Waals surface area contributed by atoms with Crippen LogP contribution in [0.3, 0.4) is 0 Å². The molecule has 3 aromatic rings. The van der Waals surface area contributed by atoms with E-state index in [2.05, 4.69) is 20.6 Å². The first kappa shape index (κ1) is 17.2. The molecule has 8 nitrogen and oxygen atoms in total. The number of urea groups is 1. The third kappa shape index (κ3) is 4.23. The van der Waals surface area contributed by atoms with Gasteiger partial charge < -0.3 is 21.4 Å². The molecule has 0 fully saturated rings. The minimum Gasteiger partial charge on any atom is -0.351 e. The summed E-state index contributed by atoms with van der Waals surface area (Å²) in [5.74, 6) is 0.213. The number of hydrogen-bond donors (Lipinski definition) is 4. The van der Waals surface area contributed by atoms with Crippen LogP contribution in [0.15, 0.2) is 53.3 Å². The van der Waals surface area contributed by atoms with E-state index < -0.39 is 6.03 Å². The largest absolute Gasteiger partial charge is 0.351 e. The maximum atomic E-state index is 12.1. The third-order valence-corrected chi connectivity index (χ3v) is 3.66. The fourth-order valence-electron chi connectivity index (χ4n) is 2.53. The molecule has 1 aromatic heterocycles. The second-order valence-electron chi connectivity index (χ2n) is 5.65. The van der Waals surface area contributed by atoms with E-state index in [0.717, 1.165) is 0 Å². The summed E-state index contributed by atoms with van der Waals surface area (Å²) in [7, 11) is 0. The number of benzene rings is 2. The predicted molar refractivity (Wildman–Crippen MR) is 99.0 cm³/mol. The van der Waals surface area contributed by atoms with Crippen molar-refractivity contribution in [1.29, 1.82) is 0 Å². The van der Waals surface area contributed by atoms with Gasteiger partial charge in [0, 0.05) is 24.2 Å². The molecule has 1 heterocycles. The lowest BCUT2D eigenvalue weighted by molar-refractivity contribution is -0.116. The van der Waals surface area contributed by atoms with Crippen molar-refractivity contribution in [2.24, 2.45) is 5.73 Å². The molecule has 0 bridgehead atoms. The van der Waals surface area contributed by atoms with Gasteiger partial charge in [0.25, 0.3) is 5.56 Å². The molecule has 8 heteroatoms. The van der Waals surface area contributed by atoms with Crippen LogP contribution in [0.5, 0.6) is 0 Å². The van der Waals surface area contributed by atoms with Gasteiger partial charge in [-0.2, -0.15) is 0 Å². The van der Waals surface area contributed by atoms with Gasteiger partial charge in [0.05, 0.1) is 10.9 Å². The first-order valence-corrected chi connectivity index (χ1v) is 7.95. The van der Waals surface area contributed by atoms with Gasteiger partial charge >= 0.3 is 6.03 Å². The van der Waals surface area contributed by atoms with Gasteiger partial charge in [-0.15, -0.1) is 0 Å². The number of rotatable bonds is 5. The topological polar surface area (TPSA) is 130 Å². The number of anilines is 2. The van der Waals surface area contributed by atoms with E-state index in [1.165, 1.54) is 0 Å². The summed E-state index contributed by atoms with van der Waals surface area (Å²) >= 11 is 0. The number of carbonyl (C=O) groups excluding carboxylic acids is 2. The fourth-order valence-corrected chi connectivity index (χ4v) is 2.53. The Kier molecular flexibility index (Phi) is 4.93. The number of aromatic nitrogens is 2. The van der Waals surface area contributed by atoms with Crippen LogP contribution in [-0.4, -0.2) is 21.9 Å². The Morgan fingerprint density at radius 2 is 1.77 bits per heavy atom. The Labute approximate surface area is 148 Å². The molecule has 0 atom stereocenters. The lowest BCUT2D eigenvalue weighted by Gasteiger charge is -2.08. The van der Waals surface area contributed by atoms with Crippen molar-refractivity contribution in [3.63, 3.8) is 0 Å². The van der Waals surface area contributed by atoms with Crippen molar-refractivity contribution in [2.45, 2.75) is 12.8 Å². The number of aryl methyl sites for hydroxylation is 1. The molecular weight excluding hydrogens is 334 g/mol. The summed E-state index contributed by atoms with van der Waals surface area (Å²) in [5, 5.41) is 5.68. The van der Waals surface area contributed by atoms with Crippen LogP contribution in [0.25, 0.3) is 10.9 Å². The van der Waals surface area contributed by atoms with Crippen LogP contribution in [0.2, 0.25) is 0 Å². The van der Waals surface area contributed by atoms with Gasteiger partial charge in [-0.1, -0.05) is 18.2 Å². The summed E-state index contributed by atoms with van der Waals surface area (Å²) in [6, 6.07) is 13.0. The Morgan fingerprint density at radius 3 is 2.54 bits per heavy atom. The number of hydrogen-bond acceptors (Lipinski definition) is 4. The predicted octanol–water partition coefficient (Wildman–Crippen LogP) is 1.99. The van der Waals surface area contributed by atoms with Crippen molar-refractivity contribution in [2.75, 3.05) is 10.6 Å². The van der Waals surface area contributed by atoms with E-state index in [1.54, 1.807) is 48.5 Å². The van der Waals surface area contributed by atoms with Gasteiger partial charge in [-0.25, -0.2) is 9.78 Å². The monoisotopic (exact) mass is 351 g/mol. The number of nitrogens with two attached hydrogens (primary N) is 1. The van der Waals surface area contributed by atoms with Gasteiger partial charge in [-0.3, -0.25) is 9.59 Å². The summed E-state index contributed by atoms with van der Waals surface area (Å²) in [4.78, 5) is 42.1. The summed E-state index contributed by atoms with van der Waals surface area (Å²) in [6.45, 7) is 0. The Hall–Kier alpha value is -3.68. The van der Waals surface area contributed by atoms with Crippen LogP contribution in [0, 0.1) is 0 Å². The molecule has 0 aliphatic heterocycles. The first-order valence-electron chi connectivity index (χ1n) is 7.95. The second kappa shape index (κ2) is 7.47. The fraction of sp³-hybridized carbons (Fsp3) is 0.111. The quantitative estimate of drug-likeness (QED) is 0.560. The van der Waals surface area contributed by atoms with Crippen molar-refractivity contribution in [1.82, 2.24) is 9.97 Å². The summed E-state index contributed by atoms with van der Waals surface area (Å²) in [6.07, 6.45) is 0.444. The zero-order chi connectivity index (χ0) is 18.5. The minimum absolute atomic E-state index is 0.148. The maximum absolute atomic E-state index is 12.1. The Morgan fingerprint density at radius 1 is 1.04 bits per heavy atom. The maximum Gasteiger partial charge on any atom is 0.316 e. The lowest BCUT2D eigenvalue weighted by atomic mass is 10.2. The second-order valence-corrected chi connectivity index (χ2v) is 5.65. The molecule has 0 aliphatic carbocycles. The van der Waals surface area contributed by atoms with Crippen molar-refractivity contribution in [3.8, 4) is 0 Å². The highest BCUT2D eigenvalue weighted by Crippen LogP contribution is 2.15. The van der Waals surface area contributed by atoms with Crippen LogP contribution in [-0.2, 0) is 11.2 Å². The Balaban J connectivity index is 1.64. The van der Waals surface area contributed by atoms with E-state index in [0.29, 0.717) is 34.5 Å². The van der Waals surface area contributed by atoms with Crippen molar-refractivity contribution >= 4 is 34.2 Å². The van der Waals surface area contributed by atoms with E-state index in [9.17, 15) is 14.4 Å². The van der Waals surface area contributed by atoms with Crippen molar-refractivity contribution < 1.29 is 9.59 Å². The minimum atomic E-state index is -0.681. The van der Waals surface area contributed by atoms with Crippen LogP contribution in [0.4, 0.5) is 16.2 Å². The molecule has 0 unspecified atom stereocenters. The molecule has 3 amide bonds. The van der Waals surface area contributed by atoms with Crippen LogP contribution in [0.1, 0.15) is 12.2 Å². The summed E-state index contributed by atoms with van der Waals surface area (Å²) in [5.41, 5.74) is 6.45. The zero-order valence-electron chi connectivity index (χ0n) is 13.8. The normalized spacial score (nSPS) is 10.5. The zero-order valence-corrected chi connectivity index (χ0v) is 13.8. The number of nitrogens with zero attached hydrogens (tertiary/aromatic N) is 1. The molecule has 26 heavy (non-hydrogen) atoms. The molecule has 2 aromatic carbocycles. The molecule has 0 aliphatic rings. The van der Waals surface area contributed by atoms with Gasteiger partial charge in [0.1, 0.15) is 5.82 Å². The average molecular weight is 351 g/mol. The lowest BCUT2D eigenvalue weighted by Crippen LogP contribution is -2.19. The van der Waals surface area contributed by atoms with Crippen molar-refractivity contribution in [3.05, 3.63) is 64.7 Å². The van der Waals surface area contributed by atoms with E-state index in [1.807, 2.05) is 0 Å². The van der Waals surface area contributed by atoms with Gasteiger partial charge in [0.2, 0.25) is 5.91 Å². The molecule has 5 N–H and O–H groups in total. The van der Waals surface area contributed by atoms with Gasteiger partial charge in [-0.05, 0) is 30.3 Å². The standard InChI is InChI=1S/C18H17N5O3/c19-18(26)21-12-5-3-4-11(10-12)20-16(24)9-8-15-22-14-7-2-1-6-13(14)17(25)23-15/h1-7,10H,8-9H2,(H,20,24)(H3,19,21,26)(H,22,23,25).